The molecule has 356 valence electrons. The van der Waals surface area contributed by atoms with Crippen molar-refractivity contribution in [3.05, 3.63) is 186 Å². The van der Waals surface area contributed by atoms with Gasteiger partial charge >= 0.3 is 0 Å². The third-order valence-corrected chi connectivity index (χ3v) is 17.1. The Balaban J connectivity index is 1.39. The molecule has 0 fully saturated rings. The van der Waals surface area contributed by atoms with Crippen molar-refractivity contribution in [2.75, 3.05) is 14.7 Å². The Kier molecular flexibility index (Phi) is 11.4. The molecule has 0 unspecified atom stereocenters. The molecule has 0 amide bonds. The van der Waals surface area contributed by atoms with Crippen molar-refractivity contribution in [3.8, 4) is 0 Å². The minimum atomic E-state index is -0.0526. The molecule has 0 saturated heterocycles. The molecular formula is C65H72BN3S. The van der Waals surface area contributed by atoms with E-state index in [0.29, 0.717) is 0 Å². The molecule has 3 heterocycles. The van der Waals surface area contributed by atoms with Crippen LogP contribution in [-0.4, -0.2) is 6.71 Å². The third kappa shape index (κ3) is 8.07. The molecule has 0 N–H and O–H groups in total. The summed E-state index contributed by atoms with van der Waals surface area (Å²) in [5.74, 6) is 0. The standard InChI is InChI=1S/C65H72BN3S/c1-16-45(31-27-42(2)61(3,4)5)69-56-39-49(67(46-23-19-17-20-24-46)47-25-21-18-22-26-47)38-55-58(56)66(60-59(69)50-40-51-52(41-57(50)70-60)65(14,15)36-35-64(51,12)13)53-37-44(63(9,10)11)30-34-54(53)68(55)48-32-28-43(29-33-48)62(6,7)8/h16-34,37-41H,1,35-36H2,2-15H3/b42-27+,45-31+. The molecule has 70 heavy (non-hydrogen) atoms. The first-order chi connectivity index (χ1) is 33.0. The van der Waals surface area contributed by atoms with Crippen LogP contribution in [-0.2, 0) is 21.7 Å². The van der Waals surface area contributed by atoms with Crippen molar-refractivity contribution < 1.29 is 0 Å². The first kappa shape index (κ1) is 47.6. The maximum atomic E-state index is 4.64. The highest BCUT2D eigenvalue weighted by Gasteiger charge is 2.47. The number of fused-ring (bicyclic) bond motifs is 7. The Morgan fingerprint density at radius 3 is 1.74 bits per heavy atom. The van der Waals surface area contributed by atoms with Crippen molar-refractivity contribution in [3.63, 3.8) is 0 Å². The number of hydrogen-bond acceptors (Lipinski definition) is 4. The predicted molar refractivity (Wildman–Crippen MR) is 309 cm³/mol. The summed E-state index contributed by atoms with van der Waals surface area (Å²) in [5, 5.41) is 1.32. The van der Waals surface area contributed by atoms with Crippen LogP contribution in [0.25, 0.3) is 10.1 Å². The number of nitrogens with zero attached hydrogens (tertiary/aromatic N) is 3. The minimum Gasteiger partial charge on any atom is -0.311 e. The predicted octanol–water partition coefficient (Wildman–Crippen LogP) is 17.1. The number of para-hydroxylation sites is 2. The van der Waals surface area contributed by atoms with Crippen molar-refractivity contribution in [1.82, 2.24) is 0 Å². The number of anilines is 8. The number of allylic oxidation sites excluding steroid dienone is 4. The molecule has 1 aromatic heterocycles. The summed E-state index contributed by atoms with van der Waals surface area (Å²) in [6.07, 6.45) is 9.08. The zero-order valence-corrected chi connectivity index (χ0v) is 45.1. The van der Waals surface area contributed by atoms with E-state index in [1.165, 1.54) is 82.8 Å². The Hall–Kier alpha value is -6.04. The molecule has 2 aliphatic heterocycles. The van der Waals surface area contributed by atoms with Crippen LogP contribution in [0.3, 0.4) is 0 Å². The van der Waals surface area contributed by atoms with Gasteiger partial charge in [-0.1, -0.05) is 169 Å². The summed E-state index contributed by atoms with van der Waals surface area (Å²) in [6.45, 7) is 37.6. The van der Waals surface area contributed by atoms with Gasteiger partial charge in [0.05, 0.1) is 11.4 Å². The number of thiophene rings is 1. The molecular weight excluding hydrogens is 866 g/mol. The van der Waals surface area contributed by atoms with Crippen LogP contribution in [0.5, 0.6) is 0 Å². The molecule has 1 aliphatic carbocycles. The normalized spacial score (nSPS) is 16.4. The molecule has 5 heteroatoms. The first-order valence-electron chi connectivity index (χ1n) is 25.5. The molecule has 0 radical (unpaired) electrons. The van der Waals surface area contributed by atoms with Crippen molar-refractivity contribution in [2.45, 2.75) is 131 Å². The number of rotatable bonds is 7. The SMILES string of the molecule is C=C/C(=C\C=C(/C)C(C)(C)C)N1c2cc(N(c3ccccc3)c3ccccc3)cc3c2B(c2cc(C(C)(C)C)ccc2N3c2ccc(C(C)(C)C)cc2)c2sc3cc4c(cc3c21)C(C)(C)CCC4(C)C. The second-order valence-electron chi connectivity index (χ2n) is 24.7. The molecule has 3 nitrogen and oxygen atoms in total. The van der Waals surface area contributed by atoms with Crippen LogP contribution in [0.2, 0.25) is 0 Å². The Morgan fingerprint density at radius 2 is 1.19 bits per heavy atom. The topological polar surface area (TPSA) is 9.72 Å². The molecule has 10 rings (SSSR count). The molecule has 3 aliphatic rings. The highest BCUT2D eigenvalue weighted by Crippen LogP contribution is 2.53. The fourth-order valence-electron chi connectivity index (χ4n) is 11.1. The molecule has 0 atom stereocenters. The summed E-state index contributed by atoms with van der Waals surface area (Å²) in [5.41, 5.74) is 20.1. The van der Waals surface area contributed by atoms with Crippen LogP contribution in [0.1, 0.15) is 132 Å². The van der Waals surface area contributed by atoms with E-state index in [0.717, 1.165) is 34.9 Å². The van der Waals surface area contributed by atoms with Crippen LogP contribution >= 0.6 is 11.3 Å². The van der Waals surface area contributed by atoms with Crippen LogP contribution in [0, 0.1) is 5.41 Å². The summed E-state index contributed by atoms with van der Waals surface area (Å²) >= 11 is 2.01. The second kappa shape index (κ2) is 16.8. The summed E-state index contributed by atoms with van der Waals surface area (Å²) in [4.78, 5) is 7.61. The van der Waals surface area contributed by atoms with E-state index >= 15 is 0 Å². The molecule has 0 spiro atoms. The fourth-order valence-corrected chi connectivity index (χ4v) is 12.4. The minimum absolute atomic E-state index is 0.00984. The van der Waals surface area contributed by atoms with Crippen molar-refractivity contribution in [2.24, 2.45) is 5.41 Å². The maximum Gasteiger partial charge on any atom is 0.264 e. The van der Waals surface area contributed by atoms with Crippen LogP contribution < -0.4 is 30.4 Å². The van der Waals surface area contributed by atoms with E-state index in [4.69, 9.17) is 0 Å². The molecule has 0 saturated carbocycles. The smallest absolute Gasteiger partial charge is 0.264 e. The Labute approximate surface area is 424 Å². The lowest BCUT2D eigenvalue weighted by Gasteiger charge is -2.45. The maximum absolute atomic E-state index is 4.64. The van der Waals surface area contributed by atoms with E-state index in [2.05, 4.69) is 264 Å². The number of benzene rings is 6. The summed E-state index contributed by atoms with van der Waals surface area (Å²) < 4.78 is 2.74. The zero-order valence-electron chi connectivity index (χ0n) is 44.3. The van der Waals surface area contributed by atoms with E-state index in [-0.39, 0.29) is 33.8 Å². The van der Waals surface area contributed by atoms with Crippen molar-refractivity contribution in [1.29, 1.82) is 0 Å². The first-order valence-corrected chi connectivity index (χ1v) is 26.4. The van der Waals surface area contributed by atoms with Gasteiger partial charge in [-0.2, -0.15) is 0 Å². The molecule has 7 aromatic rings. The lowest BCUT2D eigenvalue weighted by atomic mass is 9.36. The monoisotopic (exact) mass is 938 g/mol. The van der Waals surface area contributed by atoms with E-state index in [1.54, 1.807) is 0 Å². The Morgan fingerprint density at radius 1 is 0.629 bits per heavy atom. The van der Waals surface area contributed by atoms with Gasteiger partial charge in [-0.15, -0.1) is 11.3 Å². The highest BCUT2D eigenvalue weighted by atomic mass is 32.1. The molecule has 6 aromatic carbocycles. The zero-order chi connectivity index (χ0) is 49.9. The van der Waals surface area contributed by atoms with Gasteiger partial charge in [0.2, 0.25) is 0 Å². The average molecular weight is 938 g/mol. The quantitative estimate of drug-likeness (QED) is 0.116. The van der Waals surface area contributed by atoms with Gasteiger partial charge in [0.1, 0.15) is 0 Å². The second-order valence-corrected chi connectivity index (χ2v) is 25.8. The van der Waals surface area contributed by atoms with Crippen LogP contribution in [0.15, 0.2) is 163 Å². The van der Waals surface area contributed by atoms with Gasteiger partial charge in [0, 0.05) is 54.7 Å². The van der Waals surface area contributed by atoms with Gasteiger partial charge < -0.3 is 14.7 Å². The fraction of sp³-hybridized carbons (Fsp3) is 0.323. The van der Waals surface area contributed by atoms with E-state index in [1.807, 2.05) is 11.3 Å². The van der Waals surface area contributed by atoms with Gasteiger partial charge in [-0.3, -0.25) is 0 Å². The lowest BCUT2D eigenvalue weighted by Crippen LogP contribution is -2.61. The van der Waals surface area contributed by atoms with Gasteiger partial charge in [0.25, 0.3) is 6.71 Å². The summed E-state index contributed by atoms with van der Waals surface area (Å²) in [7, 11) is 0. The highest BCUT2D eigenvalue weighted by molar-refractivity contribution is 7.33. The van der Waals surface area contributed by atoms with Gasteiger partial charge in [0.15, 0.2) is 0 Å². The van der Waals surface area contributed by atoms with E-state index in [9.17, 15) is 0 Å². The van der Waals surface area contributed by atoms with E-state index < -0.39 is 0 Å². The van der Waals surface area contributed by atoms with Gasteiger partial charge in [-0.05, 0) is 159 Å². The lowest BCUT2D eigenvalue weighted by molar-refractivity contribution is 0.332. The largest absolute Gasteiger partial charge is 0.311 e. The Bertz CT molecular complexity index is 3200. The summed E-state index contributed by atoms with van der Waals surface area (Å²) in [6, 6.07) is 48.7. The van der Waals surface area contributed by atoms with Gasteiger partial charge in [-0.25, -0.2) is 0 Å². The van der Waals surface area contributed by atoms with Crippen molar-refractivity contribution >= 4 is 89.3 Å². The van der Waals surface area contributed by atoms with Crippen LogP contribution in [0.4, 0.5) is 45.5 Å². The third-order valence-electron chi connectivity index (χ3n) is 15.9. The number of hydrogen-bond donors (Lipinski definition) is 0. The molecule has 0 bridgehead atoms. The average Bonchev–Trinajstić information content (AvgIpc) is 3.69.